The number of carbonyl (C=O) groups is 1. The van der Waals surface area contributed by atoms with E-state index < -0.39 is 5.82 Å². The summed E-state index contributed by atoms with van der Waals surface area (Å²) in [5, 5.41) is 9.19. The first-order valence-corrected chi connectivity index (χ1v) is 6.56. The number of hydrogen-bond donors (Lipinski definition) is 0. The van der Waals surface area contributed by atoms with Crippen LogP contribution in [0.15, 0.2) is 24.3 Å². The molecule has 0 aliphatic heterocycles. The number of aryl methyl sites for hydroxylation is 1. The molecule has 0 saturated carbocycles. The van der Waals surface area contributed by atoms with Gasteiger partial charge >= 0.3 is 0 Å². The smallest absolute Gasteiger partial charge is 0.164 e. The van der Waals surface area contributed by atoms with Gasteiger partial charge in [-0.05, 0) is 44.0 Å². The van der Waals surface area contributed by atoms with Crippen molar-refractivity contribution in [3.63, 3.8) is 0 Å². The van der Waals surface area contributed by atoms with Crippen LogP contribution in [0.25, 0.3) is 5.69 Å². The van der Waals surface area contributed by atoms with E-state index in [1.54, 1.807) is 6.07 Å². The second kappa shape index (κ2) is 4.61. The molecule has 3 nitrogen and oxygen atoms in total. The fourth-order valence-corrected chi connectivity index (χ4v) is 2.86. The quantitative estimate of drug-likeness (QED) is 0.796. The number of benzene rings is 1. The molecule has 1 aromatic carbocycles. The maximum Gasteiger partial charge on any atom is 0.164 e. The van der Waals surface area contributed by atoms with Gasteiger partial charge in [0.25, 0.3) is 0 Å². The molecular formula is C16H13FN2O. The summed E-state index contributed by atoms with van der Waals surface area (Å²) in [6.07, 6.45) is 2.19. The zero-order valence-electron chi connectivity index (χ0n) is 11.1. The Morgan fingerprint density at radius 2 is 2.10 bits per heavy atom. The first-order valence-electron chi connectivity index (χ1n) is 6.56. The Labute approximate surface area is 116 Å². The van der Waals surface area contributed by atoms with Gasteiger partial charge in [-0.25, -0.2) is 4.39 Å². The van der Waals surface area contributed by atoms with Crippen LogP contribution in [0.2, 0.25) is 0 Å². The lowest BCUT2D eigenvalue weighted by atomic mass is 9.96. The average Bonchev–Trinajstić information content (AvgIpc) is 2.77. The Morgan fingerprint density at radius 3 is 2.85 bits per heavy atom. The van der Waals surface area contributed by atoms with Crippen molar-refractivity contribution < 1.29 is 9.18 Å². The lowest BCUT2D eigenvalue weighted by Crippen LogP contribution is -2.13. The van der Waals surface area contributed by atoms with E-state index >= 15 is 0 Å². The van der Waals surface area contributed by atoms with Gasteiger partial charge in [-0.15, -0.1) is 0 Å². The second-order valence-electron chi connectivity index (χ2n) is 5.03. The van der Waals surface area contributed by atoms with Crippen molar-refractivity contribution in [2.45, 2.75) is 26.2 Å². The molecular weight excluding hydrogens is 255 g/mol. The Balaban J connectivity index is 2.26. The third kappa shape index (κ3) is 1.83. The SMILES string of the molecule is Cc1cc2c(n1-c1ccc(F)cc1C#N)CCCC2=O. The van der Waals surface area contributed by atoms with E-state index in [0.717, 1.165) is 29.8 Å². The number of carbonyl (C=O) groups excluding carboxylic acids is 1. The Morgan fingerprint density at radius 1 is 1.30 bits per heavy atom. The topological polar surface area (TPSA) is 45.8 Å². The number of aromatic nitrogens is 1. The summed E-state index contributed by atoms with van der Waals surface area (Å²) < 4.78 is 15.2. The Hall–Kier alpha value is -2.41. The standard InChI is InChI=1S/C16H13FN2O/c1-10-7-13-15(3-2-4-16(13)20)19(10)14-6-5-12(17)8-11(14)9-18/h5-8H,2-4H2,1H3. The van der Waals surface area contributed by atoms with Crippen LogP contribution in [0, 0.1) is 24.1 Å². The van der Waals surface area contributed by atoms with Crippen molar-refractivity contribution in [1.82, 2.24) is 4.57 Å². The molecule has 0 radical (unpaired) electrons. The van der Waals surface area contributed by atoms with E-state index in [-0.39, 0.29) is 11.3 Å². The molecule has 1 aliphatic rings. The van der Waals surface area contributed by atoms with Gasteiger partial charge in [0.05, 0.1) is 11.3 Å². The van der Waals surface area contributed by atoms with Crippen molar-refractivity contribution in [2.24, 2.45) is 0 Å². The number of halogens is 1. The minimum absolute atomic E-state index is 0.147. The highest BCUT2D eigenvalue weighted by Gasteiger charge is 2.24. The maximum atomic E-state index is 13.3. The van der Waals surface area contributed by atoms with Crippen LogP contribution in [0.3, 0.4) is 0 Å². The van der Waals surface area contributed by atoms with E-state index in [4.69, 9.17) is 0 Å². The van der Waals surface area contributed by atoms with Gasteiger partial charge in [-0.3, -0.25) is 4.79 Å². The number of nitriles is 1. The highest BCUT2D eigenvalue weighted by Crippen LogP contribution is 2.29. The van der Waals surface area contributed by atoms with Crippen LogP contribution in [0.5, 0.6) is 0 Å². The Kier molecular flexibility index (Phi) is 2.90. The predicted octanol–water partition coefficient (Wildman–Crippen LogP) is 3.32. The average molecular weight is 268 g/mol. The minimum atomic E-state index is -0.431. The first kappa shape index (κ1) is 12.6. The van der Waals surface area contributed by atoms with Crippen molar-refractivity contribution in [1.29, 1.82) is 5.26 Å². The molecule has 0 unspecified atom stereocenters. The Bertz CT molecular complexity index is 753. The monoisotopic (exact) mass is 268 g/mol. The molecule has 0 bridgehead atoms. The maximum absolute atomic E-state index is 13.3. The largest absolute Gasteiger partial charge is 0.316 e. The van der Waals surface area contributed by atoms with E-state index in [1.807, 2.05) is 23.6 Å². The van der Waals surface area contributed by atoms with Crippen LogP contribution < -0.4 is 0 Å². The van der Waals surface area contributed by atoms with Gasteiger partial charge in [0.2, 0.25) is 0 Å². The fraction of sp³-hybridized carbons (Fsp3) is 0.250. The van der Waals surface area contributed by atoms with Crippen LogP contribution in [-0.4, -0.2) is 10.4 Å². The molecule has 3 rings (SSSR count). The van der Waals surface area contributed by atoms with E-state index in [1.165, 1.54) is 12.1 Å². The molecule has 1 heterocycles. The fourth-order valence-electron chi connectivity index (χ4n) is 2.86. The summed E-state index contributed by atoms with van der Waals surface area (Å²) in [4.78, 5) is 12.0. The van der Waals surface area contributed by atoms with Gasteiger partial charge in [0, 0.05) is 23.4 Å². The molecule has 4 heteroatoms. The van der Waals surface area contributed by atoms with Gasteiger partial charge < -0.3 is 4.57 Å². The van der Waals surface area contributed by atoms with Crippen LogP contribution in [-0.2, 0) is 6.42 Å². The molecule has 100 valence electrons. The number of fused-ring (bicyclic) bond motifs is 1. The summed E-state index contributed by atoms with van der Waals surface area (Å²) >= 11 is 0. The van der Waals surface area contributed by atoms with Gasteiger partial charge in [0.15, 0.2) is 5.78 Å². The van der Waals surface area contributed by atoms with Crippen molar-refractivity contribution in [3.05, 3.63) is 52.6 Å². The van der Waals surface area contributed by atoms with E-state index in [0.29, 0.717) is 12.1 Å². The second-order valence-corrected chi connectivity index (χ2v) is 5.03. The molecule has 0 spiro atoms. The number of Topliss-reactive ketones (excluding diaryl/α,β-unsaturated/α-hetero) is 1. The van der Waals surface area contributed by atoms with Gasteiger partial charge in [-0.2, -0.15) is 5.26 Å². The zero-order chi connectivity index (χ0) is 14.3. The van der Waals surface area contributed by atoms with Gasteiger partial charge in [0.1, 0.15) is 11.9 Å². The zero-order valence-corrected chi connectivity index (χ0v) is 11.1. The van der Waals surface area contributed by atoms with Crippen LogP contribution >= 0.6 is 0 Å². The lowest BCUT2D eigenvalue weighted by molar-refractivity contribution is 0.0972. The molecule has 1 aromatic heterocycles. The molecule has 0 saturated heterocycles. The predicted molar refractivity (Wildman–Crippen MR) is 72.4 cm³/mol. The molecule has 1 aliphatic carbocycles. The number of nitrogens with zero attached hydrogens (tertiary/aromatic N) is 2. The van der Waals surface area contributed by atoms with Crippen molar-refractivity contribution >= 4 is 5.78 Å². The molecule has 20 heavy (non-hydrogen) atoms. The summed E-state index contributed by atoms with van der Waals surface area (Å²) in [6, 6.07) is 8.05. The van der Waals surface area contributed by atoms with Gasteiger partial charge in [-0.1, -0.05) is 0 Å². The lowest BCUT2D eigenvalue weighted by Gasteiger charge is -2.17. The molecule has 2 aromatic rings. The molecule has 0 amide bonds. The minimum Gasteiger partial charge on any atom is -0.316 e. The summed E-state index contributed by atoms with van der Waals surface area (Å²) in [5.41, 5.74) is 3.49. The van der Waals surface area contributed by atoms with Crippen molar-refractivity contribution in [2.75, 3.05) is 0 Å². The number of ketones is 1. The number of hydrogen-bond acceptors (Lipinski definition) is 2. The molecule has 0 fully saturated rings. The third-order valence-corrected chi connectivity index (χ3v) is 3.72. The summed E-state index contributed by atoms with van der Waals surface area (Å²) in [7, 11) is 0. The summed E-state index contributed by atoms with van der Waals surface area (Å²) in [5.74, 6) is -0.284. The normalized spacial score (nSPS) is 13.9. The molecule has 0 atom stereocenters. The molecule has 0 N–H and O–H groups in total. The van der Waals surface area contributed by atoms with Crippen molar-refractivity contribution in [3.8, 4) is 11.8 Å². The highest BCUT2D eigenvalue weighted by molar-refractivity contribution is 5.98. The number of rotatable bonds is 1. The summed E-state index contributed by atoms with van der Waals surface area (Å²) in [6.45, 7) is 1.90. The van der Waals surface area contributed by atoms with E-state index in [9.17, 15) is 14.4 Å². The van der Waals surface area contributed by atoms with Crippen LogP contribution in [0.4, 0.5) is 4.39 Å². The highest BCUT2D eigenvalue weighted by atomic mass is 19.1. The first-order chi connectivity index (χ1) is 9.61. The van der Waals surface area contributed by atoms with E-state index in [2.05, 4.69) is 0 Å². The van der Waals surface area contributed by atoms with Crippen LogP contribution in [0.1, 0.15) is 40.2 Å². The third-order valence-electron chi connectivity index (χ3n) is 3.72.